The van der Waals surface area contributed by atoms with E-state index in [2.05, 4.69) is 0 Å². The first-order valence-corrected chi connectivity index (χ1v) is 7.34. The SMILES string of the molecule is CCCCCC(=O)c1c(O)c(CCC)c(O)c([N+](=O)[O-])c1O. The van der Waals surface area contributed by atoms with Crippen molar-refractivity contribution in [1.82, 2.24) is 0 Å². The zero-order chi connectivity index (χ0) is 16.9. The van der Waals surface area contributed by atoms with E-state index >= 15 is 0 Å². The fraction of sp³-hybridized carbons (Fsp3) is 0.533. The molecule has 0 unspecified atom stereocenters. The van der Waals surface area contributed by atoms with Gasteiger partial charge in [-0.3, -0.25) is 14.9 Å². The van der Waals surface area contributed by atoms with Crippen LogP contribution in [0.2, 0.25) is 0 Å². The second-order valence-electron chi connectivity index (χ2n) is 5.14. The van der Waals surface area contributed by atoms with Gasteiger partial charge in [-0.1, -0.05) is 33.1 Å². The molecule has 0 fully saturated rings. The molecule has 22 heavy (non-hydrogen) atoms. The molecule has 1 rings (SSSR count). The number of nitrogens with zero attached hydrogens (tertiary/aromatic N) is 1. The number of aromatic hydroxyl groups is 3. The molecule has 0 saturated carbocycles. The van der Waals surface area contributed by atoms with Crippen LogP contribution in [0.1, 0.15) is 61.9 Å². The van der Waals surface area contributed by atoms with Crippen molar-refractivity contribution < 1.29 is 25.0 Å². The number of ketones is 1. The van der Waals surface area contributed by atoms with Crippen molar-refractivity contribution in [2.75, 3.05) is 0 Å². The summed E-state index contributed by atoms with van der Waals surface area (Å²) in [5, 5.41) is 41.0. The van der Waals surface area contributed by atoms with Crippen molar-refractivity contribution in [2.45, 2.75) is 52.4 Å². The molecule has 7 nitrogen and oxygen atoms in total. The van der Waals surface area contributed by atoms with Gasteiger partial charge in [-0.25, -0.2) is 0 Å². The molecule has 0 heterocycles. The van der Waals surface area contributed by atoms with Gasteiger partial charge in [0.05, 0.1) is 4.92 Å². The number of carbonyl (C=O) groups excluding carboxylic acids is 1. The van der Waals surface area contributed by atoms with E-state index < -0.39 is 39.2 Å². The molecule has 3 N–H and O–H groups in total. The quantitative estimate of drug-likeness (QED) is 0.293. The van der Waals surface area contributed by atoms with Crippen LogP contribution in [-0.4, -0.2) is 26.0 Å². The summed E-state index contributed by atoms with van der Waals surface area (Å²) >= 11 is 0. The van der Waals surface area contributed by atoms with Crippen molar-refractivity contribution in [1.29, 1.82) is 0 Å². The highest BCUT2D eigenvalue weighted by molar-refractivity contribution is 6.03. The van der Waals surface area contributed by atoms with Crippen LogP contribution in [0.3, 0.4) is 0 Å². The Balaban J connectivity index is 3.42. The molecule has 0 spiro atoms. The lowest BCUT2D eigenvalue weighted by molar-refractivity contribution is -0.387. The molecule has 0 radical (unpaired) electrons. The third kappa shape index (κ3) is 3.47. The van der Waals surface area contributed by atoms with Crippen molar-refractivity contribution in [2.24, 2.45) is 0 Å². The average molecular weight is 311 g/mol. The third-order valence-corrected chi connectivity index (χ3v) is 3.46. The topological polar surface area (TPSA) is 121 Å². The van der Waals surface area contributed by atoms with Crippen LogP contribution in [0, 0.1) is 10.1 Å². The lowest BCUT2D eigenvalue weighted by Crippen LogP contribution is -2.05. The van der Waals surface area contributed by atoms with E-state index in [0.29, 0.717) is 12.8 Å². The van der Waals surface area contributed by atoms with E-state index in [1.54, 1.807) is 6.92 Å². The number of hydrogen-bond donors (Lipinski definition) is 3. The number of Topliss-reactive ketones (excluding diaryl/α,β-unsaturated/α-hetero) is 1. The molecule has 0 atom stereocenters. The Kier molecular flexibility index (Phi) is 6.15. The Morgan fingerprint density at radius 1 is 1.05 bits per heavy atom. The van der Waals surface area contributed by atoms with Crippen molar-refractivity contribution in [3.63, 3.8) is 0 Å². The number of unbranched alkanes of at least 4 members (excludes halogenated alkanes) is 2. The molecule has 122 valence electrons. The highest BCUT2D eigenvalue weighted by Crippen LogP contribution is 2.47. The van der Waals surface area contributed by atoms with E-state index in [4.69, 9.17) is 0 Å². The number of hydrogen-bond acceptors (Lipinski definition) is 6. The Morgan fingerprint density at radius 3 is 2.18 bits per heavy atom. The van der Waals surface area contributed by atoms with Gasteiger partial charge in [0.15, 0.2) is 5.78 Å². The summed E-state index contributed by atoms with van der Waals surface area (Å²) in [6, 6.07) is 0. The molecule has 0 aliphatic heterocycles. The van der Waals surface area contributed by atoms with E-state index in [1.807, 2.05) is 6.92 Å². The maximum absolute atomic E-state index is 12.2. The van der Waals surface area contributed by atoms with Gasteiger partial charge in [-0.2, -0.15) is 0 Å². The standard InChI is InChI=1S/C15H21NO6/c1-3-5-6-8-10(17)11-13(18)9(7-4-2)14(19)12(15(11)20)16(21)22/h18-20H,3-8H2,1-2H3. The van der Waals surface area contributed by atoms with E-state index in [1.165, 1.54) is 0 Å². The van der Waals surface area contributed by atoms with Gasteiger partial charge in [0, 0.05) is 12.0 Å². The fourth-order valence-electron chi connectivity index (χ4n) is 2.33. The number of carbonyl (C=O) groups is 1. The molecule has 0 bridgehead atoms. The molecule has 1 aromatic carbocycles. The fourth-order valence-corrected chi connectivity index (χ4v) is 2.33. The Bertz CT molecular complexity index is 582. The number of phenols is 3. The van der Waals surface area contributed by atoms with Crippen molar-refractivity contribution in [3.05, 3.63) is 21.2 Å². The molecule has 0 aliphatic rings. The Hall–Kier alpha value is -2.31. The van der Waals surface area contributed by atoms with Crippen LogP contribution in [0.5, 0.6) is 17.2 Å². The first kappa shape index (κ1) is 17.7. The second kappa shape index (κ2) is 7.63. The highest BCUT2D eigenvalue weighted by Gasteiger charge is 2.33. The summed E-state index contributed by atoms with van der Waals surface area (Å²) in [6.45, 7) is 3.73. The zero-order valence-corrected chi connectivity index (χ0v) is 12.8. The minimum Gasteiger partial charge on any atom is -0.507 e. The molecule has 0 saturated heterocycles. The predicted molar refractivity (Wildman–Crippen MR) is 80.6 cm³/mol. The molecule has 1 aromatic rings. The highest BCUT2D eigenvalue weighted by atomic mass is 16.6. The molecular weight excluding hydrogens is 290 g/mol. The first-order chi connectivity index (χ1) is 10.4. The number of nitro groups is 1. The van der Waals surface area contributed by atoms with Crippen LogP contribution in [-0.2, 0) is 6.42 Å². The van der Waals surface area contributed by atoms with E-state index in [9.17, 15) is 30.2 Å². The summed E-state index contributed by atoms with van der Waals surface area (Å²) in [7, 11) is 0. The summed E-state index contributed by atoms with van der Waals surface area (Å²) in [4.78, 5) is 22.3. The second-order valence-corrected chi connectivity index (χ2v) is 5.14. The summed E-state index contributed by atoms with van der Waals surface area (Å²) in [6.07, 6.45) is 2.99. The van der Waals surface area contributed by atoms with Crippen LogP contribution >= 0.6 is 0 Å². The summed E-state index contributed by atoms with van der Waals surface area (Å²) < 4.78 is 0. The molecular formula is C15H21NO6. The summed E-state index contributed by atoms with van der Waals surface area (Å²) in [5.74, 6) is -2.89. The molecule has 0 amide bonds. The van der Waals surface area contributed by atoms with Crippen molar-refractivity contribution in [3.8, 4) is 17.2 Å². The summed E-state index contributed by atoms with van der Waals surface area (Å²) in [5.41, 5.74) is -1.48. The zero-order valence-electron chi connectivity index (χ0n) is 12.8. The smallest absolute Gasteiger partial charge is 0.353 e. The van der Waals surface area contributed by atoms with Gasteiger partial charge in [-0.05, 0) is 12.8 Å². The van der Waals surface area contributed by atoms with Gasteiger partial charge in [0.25, 0.3) is 0 Å². The number of benzene rings is 1. The normalized spacial score (nSPS) is 10.6. The van der Waals surface area contributed by atoms with Crippen LogP contribution in [0.25, 0.3) is 0 Å². The van der Waals surface area contributed by atoms with Crippen LogP contribution in [0.15, 0.2) is 0 Å². The first-order valence-electron chi connectivity index (χ1n) is 7.34. The van der Waals surface area contributed by atoms with E-state index in [-0.39, 0.29) is 18.4 Å². The number of nitro benzene ring substituents is 1. The van der Waals surface area contributed by atoms with Gasteiger partial charge in [0.1, 0.15) is 11.3 Å². The van der Waals surface area contributed by atoms with Crippen LogP contribution < -0.4 is 0 Å². The largest absolute Gasteiger partial charge is 0.507 e. The molecule has 0 aromatic heterocycles. The van der Waals surface area contributed by atoms with Gasteiger partial charge in [-0.15, -0.1) is 0 Å². The van der Waals surface area contributed by atoms with Gasteiger partial charge < -0.3 is 15.3 Å². The monoisotopic (exact) mass is 311 g/mol. The van der Waals surface area contributed by atoms with E-state index in [0.717, 1.165) is 12.8 Å². The minimum absolute atomic E-state index is 0.0719. The van der Waals surface area contributed by atoms with Crippen LogP contribution in [0.4, 0.5) is 5.69 Å². The van der Waals surface area contributed by atoms with Gasteiger partial charge >= 0.3 is 5.69 Å². The lowest BCUT2D eigenvalue weighted by Gasteiger charge is -2.13. The lowest BCUT2D eigenvalue weighted by atomic mass is 9.96. The average Bonchev–Trinajstić information content (AvgIpc) is 2.43. The maximum Gasteiger partial charge on any atom is 0.353 e. The maximum atomic E-state index is 12.2. The van der Waals surface area contributed by atoms with Gasteiger partial charge in [0.2, 0.25) is 11.5 Å². The predicted octanol–water partition coefficient (Wildman–Crippen LogP) is 3.43. The molecule has 0 aliphatic carbocycles. The minimum atomic E-state index is -0.971. The Labute approximate surface area is 128 Å². The number of rotatable bonds is 8. The van der Waals surface area contributed by atoms with Crippen molar-refractivity contribution >= 4 is 11.5 Å². The number of phenolic OH excluding ortho intramolecular Hbond substituents is 3. The third-order valence-electron chi connectivity index (χ3n) is 3.46. The molecule has 7 heteroatoms. The Morgan fingerprint density at radius 2 is 1.68 bits per heavy atom.